The van der Waals surface area contributed by atoms with Crippen molar-refractivity contribution >= 4 is 17.7 Å². The van der Waals surface area contributed by atoms with Gasteiger partial charge in [-0.15, -0.1) is 6.58 Å². The molecule has 0 spiro atoms. The highest BCUT2D eigenvalue weighted by molar-refractivity contribution is 6.02. The van der Waals surface area contributed by atoms with Crippen LogP contribution in [0.15, 0.2) is 73.0 Å². The molecule has 0 saturated carbocycles. The van der Waals surface area contributed by atoms with E-state index in [0.717, 1.165) is 5.69 Å². The molecular formula is C23H19N5O4. The molecule has 0 fully saturated rings. The molecule has 1 amide bonds. The quantitative estimate of drug-likeness (QED) is 0.192. The molecule has 32 heavy (non-hydrogen) atoms. The molecule has 1 N–H and O–H groups in total. The van der Waals surface area contributed by atoms with Crippen molar-refractivity contribution in [3.8, 4) is 28.8 Å². The minimum atomic E-state index is -0.563. The second-order valence-corrected chi connectivity index (χ2v) is 6.53. The van der Waals surface area contributed by atoms with Gasteiger partial charge in [-0.25, -0.2) is 4.68 Å². The monoisotopic (exact) mass is 429 g/mol. The van der Waals surface area contributed by atoms with E-state index >= 15 is 0 Å². The molecule has 1 heterocycles. The van der Waals surface area contributed by atoms with Crippen molar-refractivity contribution < 1.29 is 14.5 Å². The van der Waals surface area contributed by atoms with E-state index in [1.165, 1.54) is 31.4 Å². The highest BCUT2D eigenvalue weighted by Gasteiger charge is 2.20. The Labute approximate surface area is 184 Å². The second-order valence-electron chi connectivity index (χ2n) is 6.53. The van der Waals surface area contributed by atoms with Crippen molar-refractivity contribution in [3.05, 3.63) is 88.6 Å². The molecular weight excluding hydrogens is 410 g/mol. The molecule has 0 radical (unpaired) electrons. The summed E-state index contributed by atoms with van der Waals surface area (Å²) in [5.41, 5.74) is 1.62. The zero-order valence-corrected chi connectivity index (χ0v) is 17.2. The molecule has 9 heteroatoms. The van der Waals surface area contributed by atoms with Gasteiger partial charge < -0.3 is 10.1 Å². The van der Waals surface area contributed by atoms with Gasteiger partial charge in [0.2, 0.25) is 0 Å². The lowest BCUT2D eigenvalue weighted by Gasteiger charge is -2.05. The van der Waals surface area contributed by atoms with Gasteiger partial charge in [0.05, 0.1) is 17.7 Å². The van der Waals surface area contributed by atoms with E-state index in [1.807, 2.05) is 36.4 Å². The molecule has 0 atom stereocenters. The van der Waals surface area contributed by atoms with Crippen molar-refractivity contribution in [1.29, 1.82) is 5.26 Å². The predicted molar refractivity (Wildman–Crippen MR) is 119 cm³/mol. The fourth-order valence-electron chi connectivity index (χ4n) is 2.97. The van der Waals surface area contributed by atoms with Gasteiger partial charge in [-0.3, -0.25) is 14.9 Å². The average Bonchev–Trinajstić information content (AvgIpc) is 3.24. The predicted octanol–water partition coefficient (Wildman–Crippen LogP) is 3.67. The largest absolute Gasteiger partial charge is 0.490 e. The van der Waals surface area contributed by atoms with Crippen LogP contribution in [-0.2, 0) is 4.79 Å². The van der Waals surface area contributed by atoms with E-state index in [-0.39, 0.29) is 23.6 Å². The number of carbonyl (C=O) groups excluding carboxylic acids is 1. The minimum absolute atomic E-state index is 0.111. The highest BCUT2D eigenvalue weighted by atomic mass is 16.6. The van der Waals surface area contributed by atoms with Crippen LogP contribution in [-0.4, -0.2) is 34.3 Å². The van der Waals surface area contributed by atoms with Crippen LogP contribution in [0.5, 0.6) is 5.75 Å². The lowest BCUT2D eigenvalue weighted by atomic mass is 10.0. The number of nitrogens with zero attached hydrogens (tertiary/aromatic N) is 4. The lowest BCUT2D eigenvalue weighted by Crippen LogP contribution is -2.24. The van der Waals surface area contributed by atoms with Crippen LogP contribution in [0, 0.1) is 21.4 Å². The number of para-hydroxylation sites is 1. The van der Waals surface area contributed by atoms with Gasteiger partial charge in [-0.2, -0.15) is 10.4 Å². The molecule has 0 bridgehead atoms. The number of methoxy groups -OCH3 is 1. The fourth-order valence-corrected chi connectivity index (χ4v) is 2.97. The third kappa shape index (κ3) is 4.71. The van der Waals surface area contributed by atoms with Gasteiger partial charge >= 0.3 is 5.69 Å². The van der Waals surface area contributed by atoms with Crippen LogP contribution in [0.4, 0.5) is 5.69 Å². The van der Waals surface area contributed by atoms with Crippen LogP contribution in [0.3, 0.4) is 0 Å². The second kappa shape index (κ2) is 9.86. The van der Waals surface area contributed by atoms with Crippen LogP contribution in [0.2, 0.25) is 0 Å². The first-order valence-electron chi connectivity index (χ1n) is 9.47. The van der Waals surface area contributed by atoms with Crippen LogP contribution < -0.4 is 10.1 Å². The van der Waals surface area contributed by atoms with E-state index in [1.54, 1.807) is 16.9 Å². The summed E-state index contributed by atoms with van der Waals surface area (Å²) in [5.74, 6) is -0.452. The zero-order chi connectivity index (χ0) is 23.1. The Morgan fingerprint density at radius 3 is 2.72 bits per heavy atom. The Morgan fingerprint density at radius 1 is 1.34 bits per heavy atom. The summed E-state index contributed by atoms with van der Waals surface area (Å²) in [6, 6.07) is 15.6. The number of hydrogen-bond donors (Lipinski definition) is 1. The number of aromatic nitrogens is 2. The summed E-state index contributed by atoms with van der Waals surface area (Å²) in [7, 11) is 1.35. The van der Waals surface area contributed by atoms with Gasteiger partial charge in [0.1, 0.15) is 17.3 Å². The minimum Gasteiger partial charge on any atom is -0.490 e. The zero-order valence-electron chi connectivity index (χ0n) is 17.2. The smallest absolute Gasteiger partial charge is 0.311 e. The van der Waals surface area contributed by atoms with Crippen molar-refractivity contribution in [1.82, 2.24) is 15.1 Å². The first-order chi connectivity index (χ1) is 15.5. The first-order valence-corrected chi connectivity index (χ1v) is 9.47. The maximum Gasteiger partial charge on any atom is 0.311 e. The number of nitro benzene ring substituents is 1. The van der Waals surface area contributed by atoms with Crippen molar-refractivity contribution in [3.63, 3.8) is 0 Å². The van der Waals surface area contributed by atoms with Gasteiger partial charge in [0.25, 0.3) is 5.91 Å². The number of nitro groups is 1. The van der Waals surface area contributed by atoms with E-state index in [2.05, 4.69) is 17.0 Å². The average molecular weight is 429 g/mol. The molecule has 0 aliphatic rings. The van der Waals surface area contributed by atoms with Gasteiger partial charge in [0.15, 0.2) is 5.75 Å². The standard InChI is InChI=1S/C23H19N5O4/c1-3-11-25-23(29)17(14-24)12-18-15-27(19-7-5-4-6-8-19)26-22(18)16-9-10-21(32-2)20(13-16)28(30)31/h3-10,12-13,15H,1,11H2,2H3,(H,25,29). The molecule has 1 aromatic heterocycles. The molecule has 0 aliphatic carbocycles. The third-order valence-corrected chi connectivity index (χ3v) is 4.48. The summed E-state index contributed by atoms with van der Waals surface area (Å²) in [6.45, 7) is 3.74. The maximum atomic E-state index is 12.3. The number of nitriles is 1. The third-order valence-electron chi connectivity index (χ3n) is 4.48. The first kappa shape index (κ1) is 22.0. The normalized spacial score (nSPS) is 10.8. The topological polar surface area (TPSA) is 123 Å². The van der Waals surface area contributed by atoms with Crippen LogP contribution in [0.25, 0.3) is 23.0 Å². The summed E-state index contributed by atoms with van der Waals surface area (Å²) in [4.78, 5) is 23.2. The SMILES string of the molecule is C=CCNC(=O)C(C#N)=Cc1cn(-c2ccccc2)nc1-c1ccc(OC)c([N+](=O)[O-])c1. The molecule has 0 saturated heterocycles. The fraction of sp³-hybridized carbons (Fsp3) is 0.0870. The number of carbonyl (C=O) groups is 1. The molecule has 0 aliphatic heterocycles. The van der Waals surface area contributed by atoms with Gasteiger partial charge in [-0.1, -0.05) is 24.3 Å². The summed E-state index contributed by atoms with van der Waals surface area (Å²) in [5, 5.41) is 28.1. The van der Waals surface area contributed by atoms with E-state index in [4.69, 9.17) is 4.74 Å². The number of rotatable bonds is 8. The highest BCUT2D eigenvalue weighted by Crippen LogP contribution is 2.34. The Kier molecular flexibility index (Phi) is 6.78. The maximum absolute atomic E-state index is 12.3. The Morgan fingerprint density at radius 2 is 2.09 bits per heavy atom. The molecule has 2 aromatic carbocycles. The van der Waals surface area contributed by atoms with Gasteiger partial charge in [0, 0.05) is 29.9 Å². The molecule has 0 unspecified atom stereocenters. The Balaban J connectivity index is 2.18. The molecule has 3 aromatic rings. The summed E-state index contributed by atoms with van der Waals surface area (Å²) >= 11 is 0. The van der Waals surface area contributed by atoms with Crippen LogP contribution in [0.1, 0.15) is 5.56 Å². The number of nitrogens with one attached hydrogen (secondary N) is 1. The number of hydrogen-bond acceptors (Lipinski definition) is 6. The van der Waals surface area contributed by atoms with Crippen LogP contribution >= 0.6 is 0 Å². The van der Waals surface area contributed by atoms with E-state index < -0.39 is 10.8 Å². The van der Waals surface area contributed by atoms with Crippen molar-refractivity contribution in [2.75, 3.05) is 13.7 Å². The number of amides is 1. The molecule has 3 rings (SSSR count). The van der Waals surface area contributed by atoms with Crippen molar-refractivity contribution in [2.24, 2.45) is 0 Å². The molecule has 160 valence electrons. The van der Waals surface area contributed by atoms with Crippen molar-refractivity contribution in [2.45, 2.75) is 0 Å². The summed E-state index contributed by atoms with van der Waals surface area (Å²) in [6.07, 6.45) is 4.55. The Bertz CT molecular complexity index is 1240. The van der Waals surface area contributed by atoms with E-state index in [0.29, 0.717) is 16.8 Å². The number of ether oxygens (including phenoxy) is 1. The van der Waals surface area contributed by atoms with Gasteiger partial charge in [-0.05, 0) is 30.3 Å². The number of benzene rings is 2. The Hall–Kier alpha value is -4.71. The molecule has 9 nitrogen and oxygen atoms in total. The lowest BCUT2D eigenvalue weighted by molar-refractivity contribution is -0.385. The summed E-state index contributed by atoms with van der Waals surface area (Å²) < 4.78 is 6.65. The van der Waals surface area contributed by atoms with E-state index in [9.17, 15) is 20.2 Å².